The summed E-state index contributed by atoms with van der Waals surface area (Å²) in [7, 11) is 0. The van der Waals surface area contributed by atoms with Crippen molar-refractivity contribution >= 4 is 17.7 Å². The lowest BCUT2D eigenvalue weighted by atomic mass is 10.1. The first-order valence-corrected chi connectivity index (χ1v) is 9.17. The van der Waals surface area contributed by atoms with Gasteiger partial charge in [0.1, 0.15) is 23.3 Å². The van der Waals surface area contributed by atoms with E-state index < -0.39 is 11.7 Å². The Morgan fingerprint density at radius 2 is 1.57 bits per heavy atom. The van der Waals surface area contributed by atoms with Gasteiger partial charge in [0.05, 0.1) is 11.3 Å². The molecule has 0 unspecified atom stereocenters. The predicted octanol–water partition coefficient (Wildman–Crippen LogP) is 4.09. The maximum Gasteiger partial charge on any atom is 0.407 e. The van der Waals surface area contributed by atoms with Crippen molar-refractivity contribution in [3.05, 3.63) is 45.8 Å². The summed E-state index contributed by atoms with van der Waals surface area (Å²) in [5.41, 5.74) is 15.6. The molecule has 0 bridgehead atoms. The molecule has 0 saturated heterocycles. The van der Waals surface area contributed by atoms with Crippen LogP contribution in [0.2, 0.25) is 0 Å². The lowest BCUT2D eigenvalue weighted by molar-refractivity contribution is 0.0523. The fourth-order valence-electron chi connectivity index (χ4n) is 2.66. The standard InChI is InChI=1S/C13H21N3O2.C8H9N3.CH4/c1-8-6-11(14)16-9(2)10(8)7-15-12(17)18-13(3,4)5;1-5-3-8(10)11-6(2)7(5)4-9;/h6H,7H2,1-5H3,(H2,14,16)(H,15,17);3H,1-2H3,(H2,10,11);1H4. The van der Waals surface area contributed by atoms with Gasteiger partial charge in [0.25, 0.3) is 0 Å². The minimum Gasteiger partial charge on any atom is -0.444 e. The van der Waals surface area contributed by atoms with E-state index in [0.29, 0.717) is 29.4 Å². The van der Waals surface area contributed by atoms with Gasteiger partial charge in [-0.1, -0.05) is 7.43 Å². The highest BCUT2D eigenvalue weighted by atomic mass is 16.6. The molecule has 0 radical (unpaired) electrons. The van der Waals surface area contributed by atoms with Crippen molar-refractivity contribution in [3.8, 4) is 6.07 Å². The topological polar surface area (TPSA) is 140 Å². The first-order valence-electron chi connectivity index (χ1n) is 9.17. The lowest BCUT2D eigenvalue weighted by Gasteiger charge is -2.20. The number of nitrogen functional groups attached to an aromatic ring is 2. The highest BCUT2D eigenvalue weighted by molar-refractivity contribution is 5.67. The van der Waals surface area contributed by atoms with Gasteiger partial charge in [-0.3, -0.25) is 0 Å². The average Bonchev–Trinajstić information content (AvgIpc) is 2.52. The number of pyridine rings is 2. The molecule has 2 aromatic heterocycles. The van der Waals surface area contributed by atoms with Gasteiger partial charge in [-0.2, -0.15) is 5.26 Å². The molecule has 8 nitrogen and oxygen atoms in total. The zero-order valence-electron chi connectivity index (χ0n) is 18.2. The van der Waals surface area contributed by atoms with Gasteiger partial charge in [-0.25, -0.2) is 14.8 Å². The smallest absolute Gasteiger partial charge is 0.407 e. The molecule has 0 aliphatic rings. The van der Waals surface area contributed by atoms with E-state index >= 15 is 0 Å². The molecule has 164 valence electrons. The monoisotopic (exact) mass is 414 g/mol. The summed E-state index contributed by atoms with van der Waals surface area (Å²) >= 11 is 0. The zero-order chi connectivity index (χ0) is 22.4. The van der Waals surface area contributed by atoms with Crippen LogP contribution in [0.4, 0.5) is 16.4 Å². The predicted molar refractivity (Wildman–Crippen MR) is 121 cm³/mol. The zero-order valence-corrected chi connectivity index (χ0v) is 18.2. The Bertz CT molecular complexity index is 880. The van der Waals surface area contributed by atoms with Crippen LogP contribution in [0.3, 0.4) is 0 Å². The number of ether oxygens (including phenoxy) is 1. The number of carbonyl (C=O) groups is 1. The second-order valence-electron chi connectivity index (χ2n) is 7.72. The van der Waals surface area contributed by atoms with Crippen molar-refractivity contribution in [2.45, 2.75) is 68.0 Å². The molecule has 0 aromatic carbocycles. The van der Waals surface area contributed by atoms with Crippen LogP contribution in [0.5, 0.6) is 0 Å². The molecule has 8 heteroatoms. The number of anilines is 2. The number of nitrogens with zero attached hydrogens (tertiary/aromatic N) is 3. The van der Waals surface area contributed by atoms with Crippen molar-refractivity contribution in [2.75, 3.05) is 11.5 Å². The number of carbonyl (C=O) groups excluding carboxylic acids is 1. The van der Waals surface area contributed by atoms with Crippen LogP contribution in [0, 0.1) is 39.0 Å². The van der Waals surface area contributed by atoms with Gasteiger partial charge < -0.3 is 21.5 Å². The van der Waals surface area contributed by atoms with Gasteiger partial charge in [-0.15, -0.1) is 0 Å². The van der Waals surface area contributed by atoms with Crippen LogP contribution < -0.4 is 16.8 Å². The third kappa shape index (κ3) is 8.35. The summed E-state index contributed by atoms with van der Waals surface area (Å²) in [4.78, 5) is 19.7. The summed E-state index contributed by atoms with van der Waals surface area (Å²) in [5.74, 6) is 0.963. The molecule has 0 fully saturated rings. The molecule has 0 aliphatic heterocycles. The normalized spacial score (nSPS) is 10.1. The van der Waals surface area contributed by atoms with Gasteiger partial charge in [0.2, 0.25) is 0 Å². The van der Waals surface area contributed by atoms with Gasteiger partial charge >= 0.3 is 6.09 Å². The second kappa shape index (κ2) is 11.0. The molecular formula is C22H34N6O2. The lowest BCUT2D eigenvalue weighted by Crippen LogP contribution is -2.32. The fourth-order valence-corrected chi connectivity index (χ4v) is 2.66. The minimum absolute atomic E-state index is 0. The van der Waals surface area contributed by atoms with Crippen molar-refractivity contribution in [1.82, 2.24) is 15.3 Å². The molecule has 1 amide bonds. The SMILES string of the molecule is C.Cc1cc(N)nc(C)c1C#N.Cc1cc(N)nc(C)c1CNC(=O)OC(C)(C)C. The van der Waals surface area contributed by atoms with E-state index in [2.05, 4.69) is 21.4 Å². The molecular weight excluding hydrogens is 380 g/mol. The molecule has 0 atom stereocenters. The number of nitrogens with one attached hydrogen (secondary N) is 1. The third-order valence-electron chi connectivity index (χ3n) is 3.91. The number of hydrogen-bond donors (Lipinski definition) is 3. The van der Waals surface area contributed by atoms with Crippen molar-refractivity contribution < 1.29 is 9.53 Å². The number of rotatable bonds is 2. The number of nitriles is 1. The highest BCUT2D eigenvalue weighted by Crippen LogP contribution is 2.15. The van der Waals surface area contributed by atoms with Gasteiger partial charge in [0.15, 0.2) is 0 Å². The molecule has 2 rings (SSSR count). The Hall–Kier alpha value is -3.34. The summed E-state index contributed by atoms with van der Waals surface area (Å²) in [5, 5.41) is 11.4. The average molecular weight is 415 g/mol. The third-order valence-corrected chi connectivity index (χ3v) is 3.91. The molecule has 0 saturated carbocycles. The summed E-state index contributed by atoms with van der Waals surface area (Å²) in [6.07, 6.45) is -0.432. The van der Waals surface area contributed by atoms with Crippen molar-refractivity contribution in [2.24, 2.45) is 0 Å². The van der Waals surface area contributed by atoms with Crippen LogP contribution in [0.25, 0.3) is 0 Å². The summed E-state index contributed by atoms with van der Waals surface area (Å²) in [6, 6.07) is 5.56. The van der Waals surface area contributed by atoms with Crippen LogP contribution in [0.15, 0.2) is 12.1 Å². The minimum atomic E-state index is -0.493. The van der Waals surface area contributed by atoms with E-state index in [9.17, 15) is 4.79 Å². The Labute approximate surface area is 179 Å². The number of aromatic nitrogens is 2. The van der Waals surface area contributed by atoms with E-state index in [0.717, 1.165) is 22.4 Å². The van der Waals surface area contributed by atoms with Crippen LogP contribution >= 0.6 is 0 Å². The number of nitrogens with two attached hydrogens (primary N) is 2. The van der Waals surface area contributed by atoms with E-state index in [1.807, 2.05) is 41.5 Å². The molecule has 0 aliphatic carbocycles. The number of aryl methyl sites for hydroxylation is 4. The van der Waals surface area contributed by atoms with E-state index in [1.54, 1.807) is 19.1 Å². The number of alkyl carbamates (subject to hydrolysis) is 1. The first kappa shape index (κ1) is 26.7. The van der Waals surface area contributed by atoms with Gasteiger partial charge in [-0.05, 0) is 77.3 Å². The number of hydrogen-bond acceptors (Lipinski definition) is 7. The summed E-state index contributed by atoms with van der Waals surface area (Å²) < 4.78 is 5.17. The quantitative estimate of drug-likeness (QED) is 0.672. The highest BCUT2D eigenvalue weighted by Gasteiger charge is 2.16. The van der Waals surface area contributed by atoms with E-state index in [4.69, 9.17) is 21.5 Å². The number of amides is 1. The van der Waals surface area contributed by atoms with Crippen LogP contribution in [-0.4, -0.2) is 21.7 Å². The maximum atomic E-state index is 11.5. The summed E-state index contributed by atoms with van der Waals surface area (Å²) in [6.45, 7) is 13.3. The van der Waals surface area contributed by atoms with Crippen molar-refractivity contribution in [3.63, 3.8) is 0 Å². The van der Waals surface area contributed by atoms with E-state index in [1.165, 1.54) is 0 Å². The Morgan fingerprint density at radius 3 is 2.00 bits per heavy atom. The molecule has 2 aromatic rings. The van der Waals surface area contributed by atoms with Crippen molar-refractivity contribution in [1.29, 1.82) is 5.26 Å². The Morgan fingerprint density at radius 1 is 1.07 bits per heavy atom. The molecule has 0 spiro atoms. The first-order chi connectivity index (χ1) is 13.3. The maximum absolute atomic E-state index is 11.5. The van der Waals surface area contributed by atoms with Crippen LogP contribution in [0.1, 0.15) is 61.8 Å². The Kier molecular flexibility index (Phi) is 9.78. The fraction of sp³-hybridized carbons (Fsp3) is 0.455. The van der Waals surface area contributed by atoms with Crippen LogP contribution in [-0.2, 0) is 11.3 Å². The molecule has 30 heavy (non-hydrogen) atoms. The Balaban J connectivity index is 0.000000603. The molecule has 2 heterocycles. The molecule has 5 N–H and O–H groups in total. The second-order valence-corrected chi connectivity index (χ2v) is 7.72. The van der Waals surface area contributed by atoms with E-state index in [-0.39, 0.29) is 7.43 Å². The van der Waals surface area contributed by atoms with Gasteiger partial charge in [0, 0.05) is 12.2 Å². The largest absolute Gasteiger partial charge is 0.444 e.